The molecule has 0 bridgehead atoms. The summed E-state index contributed by atoms with van der Waals surface area (Å²) in [5, 5.41) is 0. The minimum Gasteiger partial charge on any atom is -0.444 e. The molecular weight excluding hydrogens is 334 g/mol. The molecule has 1 aliphatic rings. The van der Waals surface area contributed by atoms with Crippen LogP contribution in [-0.4, -0.2) is 22.6 Å². The first-order valence-corrected chi connectivity index (χ1v) is 10.4. The summed E-state index contributed by atoms with van der Waals surface area (Å²) in [6.07, 6.45) is 8.38. The Morgan fingerprint density at radius 3 is 2.52 bits per heavy atom. The minimum absolute atomic E-state index is 0.0809. The Bertz CT molecular complexity index is 636. The maximum Gasteiger partial charge on any atom is 0.411 e. The van der Waals surface area contributed by atoms with Gasteiger partial charge in [0.25, 0.3) is 0 Å². The van der Waals surface area contributed by atoms with Gasteiger partial charge in [-0.15, -0.1) is 11.8 Å². The number of benzene rings is 1. The van der Waals surface area contributed by atoms with Crippen molar-refractivity contribution in [1.82, 2.24) is 4.90 Å². The minimum atomic E-state index is -0.490. The van der Waals surface area contributed by atoms with Crippen LogP contribution in [0.4, 0.5) is 4.79 Å². The monoisotopic (exact) mass is 369 g/mol. The first-order valence-electron chi connectivity index (χ1n) is 10.4. The highest BCUT2D eigenvalue weighted by Crippen LogP contribution is 2.38. The molecule has 0 unspecified atom stereocenters. The largest absolute Gasteiger partial charge is 0.444 e. The van der Waals surface area contributed by atoms with Gasteiger partial charge in [0.15, 0.2) is 0 Å². The Morgan fingerprint density at radius 1 is 1.11 bits per heavy atom. The number of ether oxygens (including phenoxy) is 1. The molecule has 3 heteroatoms. The second kappa shape index (κ2) is 10.4. The molecule has 0 radical (unpaired) electrons. The van der Waals surface area contributed by atoms with E-state index in [2.05, 4.69) is 30.9 Å². The molecule has 2 atom stereocenters. The molecule has 0 N–H and O–H groups in total. The summed E-state index contributed by atoms with van der Waals surface area (Å²) in [6, 6.07) is 10.5. The van der Waals surface area contributed by atoms with Crippen LogP contribution in [0.3, 0.4) is 0 Å². The zero-order chi connectivity index (χ0) is 19.7. The number of carbonyl (C=O) groups is 1. The van der Waals surface area contributed by atoms with Crippen molar-refractivity contribution in [2.24, 2.45) is 0 Å². The van der Waals surface area contributed by atoms with Gasteiger partial charge in [-0.1, -0.05) is 56.5 Å². The highest BCUT2D eigenvalue weighted by molar-refractivity contribution is 5.70. The van der Waals surface area contributed by atoms with E-state index < -0.39 is 5.60 Å². The SMILES string of the molecule is CCCCCCC#CC[C@H]1CC[C@@H](c2ccccc2)N1C(=O)OC(C)(C)C. The summed E-state index contributed by atoms with van der Waals surface area (Å²) in [5.41, 5.74) is 0.689. The molecule has 1 aliphatic heterocycles. The number of carbonyl (C=O) groups excluding carboxylic acids is 1. The molecule has 0 spiro atoms. The second-order valence-electron chi connectivity index (χ2n) is 8.41. The van der Waals surface area contributed by atoms with E-state index in [1.165, 1.54) is 31.2 Å². The van der Waals surface area contributed by atoms with Crippen LogP contribution >= 0.6 is 0 Å². The van der Waals surface area contributed by atoms with Crippen molar-refractivity contribution in [2.45, 2.75) is 96.7 Å². The van der Waals surface area contributed by atoms with Crippen molar-refractivity contribution in [3.05, 3.63) is 35.9 Å². The van der Waals surface area contributed by atoms with Crippen LogP contribution in [0.15, 0.2) is 30.3 Å². The van der Waals surface area contributed by atoms with Crippen molar-refractivity contribution >= 4 is 6.09 Å². The Morgan fingerprint density at radius 2 is 1.85 bits per heavy atom. The summed E-state index contributed by atoms with van der Waals surface area (Å²) >= 11 is 0. The van der Waals surface area contributed by atoms with Crippen LogP contribution in [0.5, 0.6) is 0 Å². The molecule has 0 aromatic heterocycles. The first kappa shape index (κ1) is 21.4. The van der Waals surface area contributed by atoms with E-state index in [9.17, 15) is 4.79 Å². The van der Waals surface area contributed by atoms with E-state index in [1.54, 1.807) is 0 Å². The molecule has 1 aromatic carbocycles. The smallest absolute Gasteiger partial charge is 0.411 e. The summed E-state index contributed by atoms with van der Waals surface area (Å²) in [4.78, 5) is 14.9. The lowest BCUT2D eigenvalue weighted by Crippen LogP contribution is -2.41. The maximum absolute atomic E-state index is 12.9. The molecule has 1 saturated heterocycles. The molecular formula is C24H35NO2. The molecule has 0 aliphatic carbocycles. The fourth-order valence-corrected chi connectivity index (χ4v) is 3.60. The maximum atomic E-state index is 12.9. The molecule has 0 saturated carbocycles. The number of likely N-dealkylation sites (tertiary alicyclic amines) is 1. The second-order valence-corrected chi connectivity index (χ2v) is 8.41. The van der Waals surface area contributed by atoms with Crippen molar-refractivity contribution in [3.63, 3.8) is 0 Å². The Kier molecular flexibility index (Phi) is 8.23. The lowest BCUT2D eigenvalue weighted by Gasteiger charge is -2.32. The van der Waals surface area contributed by atoms with E-state index >= 15 is 0 Å². The van der Waals surface area contributed by atoms with Gasteiger partial charge in [0.2, 0.25) is 0 Å². The first-order chi connectivity index (χ1) is 12.9. The molecule has 27 heavy (non-hydrogen) atoms. The summed E-state index contributed by atoms with van der Waals surface area (Å²) in [6.45, 7) is 7.98. The number of nitrogens with zero attached hydrogens (tertiary/aromatic N) is 1. The zero-order valence-corrected chi connectivity index (χ0v) is 17.5. The Labute approximate surface area is 165 Å². The lowest BCUT2D eigenvalue weighted by molar-refractivity contribution is 0.0147. The van der Waals surface area contributed by atoms with E-state index in [4.69, 9.17) is 4.74 Å². The normalized spacial score (nSPS) is 19.5. The summed E-state index contributed by atoms with van der Waals surface area (Å²) in [7, 11) is 0. The molecule has 1 fully saturated rings. The number of unbranched alkanes of at least 4 members (excludes halogenated alkanes) is 4. The van der Waals surface area contributed by atoms with Gasteiger partial charge < -0.3 is 4.74 Å². The third-order valence-corrected chi connectivity index (χ3v) is 4.91. The van der Waals surface area contributed by atoms with Crippen LogP contribution in [0.1, 0.15) is 90.7 Å². The number of hydrogen-bond acceptors (Lipinski definition) is 2. The number of rotatable bonds is 6. The molecule has 2 rings (SSSR count). The average molecular weight is 370 g/mol. The third-order valence-electron chi connectivity index (χ3n) is 4.91. The van der Waals surface area contributed by atoms with Gasteiger partial charge in [-0.25, -0.2) is 4.79 Å². The van der Waals surface area contributed by atoms with Crippen LogP contribution in [-0.2, 0) is 4.74 Å². The van der Waals surface area contributed by atoms with E-state index in [0.29, 0.717) is 0 Å². The van der Waals surface area contributed by atoms with Crippen molar-refractivity contribution in [2.75, 3.05) is 0 Å². The van der Waals surface area contributed by atoms with Crippen molar-refractivity contribution in [3.8, 4) is 11.8 Å². The molecule has 1 heterocycles. The van der Waals surface area contributed by atoms with Crippen LogP contribution in [0.25, 0.3) is 0 Å². The fraction of sp³-hybridized carbons (Fsp3) is 0.625. The zero-order valence-electron chi connectivity index (χ0n) is 17.5. The van der Waals surface area contributed by atoms with Crippen molar-refractivity contribution < 1.29 is 9.53 Å². The van der Waals surface area contributed by atoms with Crippen molar-refractivity contribution in [1.29, 1.82) is 0 Å². The lowest BCUT2D eigenvalue weighted by atomic mass is 10.0. The highest BCUT2D eigenvalue weighted by Gasteiger charge is 2.39. The van der Waals surface area contributed by atoms with Gasteiger partial charge >= 0.3 is 6.09 Å². The quantitative estimate of drug-likeness (QED) is 0.423. The molecule has 148 valence electrons. The van der Waals surface area contributed by atoms with E-state index in [0.717, 1.165) is 25.7 Å². The number of hydrogen-bond donors (Lipinski definition) is 0. The van der Waals surface area contributed by atoms with Gasteiger partial charge in [0, 0.05) is 18.9 Å². The van der Waals surface area contributed by atoms with E-state index in [1.807, 2.05) is 43.9 Å². The number of amides is 1. The molecule has 3 nitrogen and oxygen atoms in total. The fourth-order valence-electron chi connectivity index (χ4n) is 3.60. The van der Waals surface area contributed by atoms with Gasteiger partial charge in [-0.05, 0) is 45.6 Å². The van der Waals surface area contributed by atoms with Crippen LogP contribution < -0.4 is 0 Å². The van der Waals surface area contributed by atoms with Gasteiger partial charge in [-0.2, -0.15) is 0 Å². The highest BCUT2D eigenvalue weighted by atomic mass is 16.6. The Balaban J connectivity index is 2.04. The summed E-state index contributed by atoms with van der Waals surface area (Å²) < 4.78 is 5.71. The summed E-state index contributed by atoms with van der Waals surface area (Å²) in [5.74, 6) is 6.63. The standard InChI is InChI=1S/C24H35NO2/c1-5-6-7-8-9-10-14-17-21-18-19-22(20-15-12-11-13-16-20)25(21)23(26)27-24(2,3)4/h11-13,15-16,21-22H,5-9,17-19H2,1-4H3/t21-,22-/m0/s1. The van der Waals surface area contributed by atoms with Gasteiger partial charge in [-0.3, -0.25) is 4.90 Å². The topological polar surface area (TPSA) is 29.5 Å². The molecule has 1 amide bonds. The van der Waals surface area contributed by atoms with E-state index in [-0.39, 0.29) is 18.2 Å². The van der Waals surface area contributed by atoms with Crippen LogP contribution in [0.2, 0.25) is 0 Å². The van der Waals surface area contributed by atoms with Gasteiger partial charge in [0.1, 0.15) is 5.60 Å². The van der Waals surface area contributed by atoms with Gasteiger partial charge in [0.05, 0.1) is 6.04 Å². The molecule has 1 aromatic rings. The van der Waals surface area contributed by atoms with Crippen LogP contribution in [0, 0.1) is 11.8 Å². The average Bonchev–Trinajstić information content (AvgIpc) is 3.04. The predicted molar refractivity (Wildman–Crippen MR) is 111 cm³/mol. The third kappa shape index (κ3) is 6.94. The predicted octanol–water partition coefficient (Wildman–Crippen LogP) is 6.49. The Hall–Kier alpha value is -1.95.